The molecule has 0 spiro atoms. The summed E-state index contributed by atoms with van der Waals surface area (Å²) < 4.78 is 5.83. The SMILES string of the molecule is CCCC(CCC)C(=O)Nc1n[nH]c2ccc(OCc3ccc([N+](=O)[O-])cc3)cc12. The van der Waals surface area contributed by atoms with Gasteiger partial charge in [-0.15, -0.1) is 0 Å². The molecular weight excluding hydrogens is 384 g/mol. The molecule has 0 radical (unpaired) electrons. The fourth-order valence-corrected chi connectivity index (χ4v) is 3.38. The Kier molecular flexibility index (Phi) is 7.00. The molecule has 3 aromatic rings. The number of benzene rings is 2. The Morgan fingerprint density at radius 3 is 2.50 bits per heavy atom. The molecule has 0 aliphatic rings. The van der Waals surface area contributed by atoms with Gasteiger partial charge in [0.1, 0.15) is 12.4 Å². The molecule has 8 nitrogen and oxygen atoms in total. The summed E-state index contributed by atoms with van der Waals surface area (Å²) in [5.41, 5.74) is 1.67. The highest BCUT2D eigenvalue weighted by Crippen LogP contribution is 2.27. The van der Waals surface area contributed by atoms with Crippen LogP contribution >= 0.6 is 0 Å². The summed E-state index contributed by atoms with van der Waals surface area (Å²) in [6.45, 7) is 4.43. The molecule has 0 aliphatic carbocycles. The van der Waals surface area contributed by atoms with Crippen molar-refractivity contribution in [2.45, 2.75) is 46.1 Å². The molecule has 8 heteroatoms. The number of nitrogens with one attached hydrogen (secondary N) is 2. The Morgan fingerprint density at radius 1 is 1.17 bits per heavy atom. The van der Waals surface area contributed by atoms with Crippen molar-refractivity contribution in [1.29, 1.82) is 0 Å². The monoisotopic (exact) mass is 410 g/mol. The number of rotatable bonds is 10. The molecule has 158 valence electrons. The molecule has 1 aromatic heterocycles. The number of aromatic nitrogens is 2. The molecular formula is C22H26N4O4. The van der Waals surface area contributed by atoms with Gasteiger partial charge in [0.2, 0.25) is 5.91 Å². The zero-order valence-electron chi connectivity index (χ0n) is 17.2. The topological polar surface area (TPSA) is 110 Å². The molecule has 1 heterocycles. The predicted molar refractivity (Wildman–Crippen MR) is 115 cm³/mol. The van der Waals surface area contributed by atoms with Crippen LogP contribution in [0, 0.1) is 16.0 Å². The number of carbonyl (C=O) groups excluding carboxylic acids is 1. The van der Waals surface area contributed by atoms with Crippen LogP contribution in [0.25, 0.3) is 10.9 Å². The minimum absolute atomic E-state index is 0.00991. The Balaban J connectivity index is 1.71. The molecule has 2 N–H and O–H groups in total. The van der Waals surface area contributed by atoms with Crippen LogP contribution in [0.15, 0.2) is 42.5 Å². The van der Waals surface area contributed by atoms with Crippen LogP contribution in [0.4, 0.5) is 11.5 Å². The van der Waals surface area contributed by atoms with Crippen LogP contribution in [0.1, 0.15) is 45.1 Å². The van der Waals surface area contributed by atoms with E-state index in [0.717, 1.165) is 42.1 Å². The number of nitro benzene ring substituents is 1. The van der Waals surface area contributed by atoms with E-state index in [-0.39, 0.29) is 24.1 Å². The van der Waals surface area contributed by atoms with Gasteiger partial charge in [-0.2, -0.15) is 5.10 Å². The normalized spacial score (nSPS) is 11.0. The maximum Gasteiger partial charge on any atom is 0.269 e. The summed E-state index contributed by atoms with van der Waals surface area (Å²) in [5.74, 6) is 1.09. The third kappa shape index (κ3) is 5.14. The highest BCUT2D eigenvalue weighted by molar-refractivity contribution is 6.00. The summed E-state index contributed by atoms with van der Waals surface area (Å²) >= 11 is 0. The summed E-state index contributed by atoms with van der Waals surface area (Å²) in [7, 11) is 0. The minimum atomic E-state index is -0.432. The van der Waals surface area contributed by atoms with Crippen LogP contribution < -0.4 is 10.1 Å². The molecule has 0 saturated heterocycles. The van der Waals surface area contributed by atoms with Crippen LogP contribution in [-0.2, 0) is 11.4 Å². The van der Waals surface area contributed by atoms with E-state index < -0.39 is 4.92 Å². The summed E-state index contributed by atoms with van der Waals surface area (Å²) in [5, 5.41) is 21.7. The second-order valence-corrected chi connectivity index (χ2v) is 7.26. The predicted octanol–water partition coefficient (Wildman–Crippen LogP) is 5.21. The zero-order chi connectivity index (χ0) is 21.5. The largest absolute Gasteiger partial charge is 0.489 e. The van der Waals surface area contributed by atoms with Gasteiger partial charge < -0.3 is 10.1 Å². The second kappa shape index (κ2) is 9.87. The van der Waals surface area contributed by atoms with Crippen molar-refractivity contribution in [3.63, 3.8) is 0 Å². The third-order valence-corrected chi connectivity index (χ3v) is 4.97. The first-order valence-electron chi connectivity index (χ1n) is 10.2. The number of non-ortho nitro benzene ring substituents is 1. The van der Waals surface area contributed by atoms with Gasteiger partial charge in [-0.05, 0) is 48.7 Å². The molecule has 0 aliphatic heterocycles. The molecule has 2 aromatic carbocycles. The number of hydrogen-bond acceptors (Lipinski definition) is 5. The van der Waals surface area contributed by atoms with Gasteiger partial charge in [-0.25, -0.2) is 0 Å². The van der Waals surface area contributed by atoms with Crippen LogP contribution in [0.5, 0.6) is 5.75 Å². The Morgan fingerprint density at radius 2 is 1.87 bits per heavy atom. The lowest BCUT2D eigenvalue weighted by atomic mass is 9.97. The Labute approximate surface area is 174 Å². The standard InChI is InChI=1S/C22H26N4O4/c1-3-5-16(6-4-2)22(27)23-21-19-13-18(11-12-20(19)24-25-21)30-14-15-7-9-17(10-8-15)26(28)29/h7-13,16H,3-6,14H2,1-2H3,(H2,23,24,25,27). The van der Waals surface area contributed by atoms with Gasteiger partial charge in [0.05, 0.1) is 10.4 Å². The lowest BCUT2D eigenvalue weighted by Gasteiger charge is -2.14. The number of H-pyrrole nitrogens is 1. The van der Waals surface area contributed by atoms with Crippen molar-refractivity contribution in [3.05, 3.63) is 58.1 Å². The first-order chi connectivity index (χ1) is 14.5. The molecule has 3 rings (SSSR count). The van der Waals surface area contributed by atoms with E-state index in [2.05, 4.69) is 29.4 Å². The number of hydrogen-bond donors (Lipinski definition) is 2. The lowest BCUT2D eigenvalue weighted by Crippen LogP contribution is -2.23. The van der Waals surface area contributed by atoms with Gasteiger partial charge >= 0.3 is 0 Å². The fourth-order valence-electron chi connectivity index (χ4n) is 3.38. The third-order valence-electron chi connectivity index (χ3n) is 4.97. The Hall–Kier alpha value is -3.42. The molecule has 0 atom stereocenters. The van der Waals surface area contributed by atoms with E-state index in [1.54, 1.807) is 12.1 Å². The van der Waals surface area contributed by atoms with Gasteiger partial charge in [-0.3, -0.25) is 20.0 Å². The quantitative estimate of drug-likeness (QED) is 0.352. The first kappa shape index (κ1) is 21.3. The van der Waals surface area contributed by atoms with Crippen molar-refractivity contribution < 1.29 is 14.5 Å². The molecule has 0 bridgehead atoms. The van der Waals surface area contributed by atoms with Gasteiger partial charge in [0, 0.05) is 23.4 Å². The minimum Gasteiger partial charge on any atom is -0.489 e. The second-order valence-electron chi connectivity index (χ2n) is 7.26. The number of nitro groups is 1. The smallest absolute Gasteiger partial charge is 0.269 e. The maximum atomic E-state index is 12.7. The number of ether oxygens (including phenoxy) is 1. The molecule has 30 heavy (non-hydrogen) atoms. The van der Waals surface area contributed by atoms with Crippen LogP contribution in [0.3, 0.4) is 0 Å². The number of carbonyl (C=O) groups is 1. The maximum absolute atomic E-state index is 12.7. The van der Waals surface area contributed by atoms with Crippen molar-refractivity contribution in [2.75, 3.05) is 5.32 Å². The van der Waals surface area contributed by atoms with Crippen LogP contribution in [0.2, 0.25) is 0 Å². The van der Waals surface area contributed by atoms with E-state index in [1.165, 1.54) is 12.1 Å². The number of amides is 1. The molecule has 0 fully saturated rings. The molecule has 0 unspecified atom stereocenters. The van der Waals surface area contributed by atoms with Crippen molar-refractivity contribution in [1.82, 2.24) is 10.2 Å². The van der Waals surface area contributed by atoms with Gasteiger partial charge in [0.15, 0.2) is 5.82 Å². The fraction of sp³-hybridized carbons (Fsp3) is 0.364. The first-order valence-corrected chi connectivity index (χ1v) is 10.2. The van der Waals surface area contributed by atoms with E-state index in [4.69, 9.17) is 4.74 Å². The van der Waals surface area contributed by atoms with Gasteiger partial charge in [-0.1, -0.05) is 26.7 Å². The lowest BCUT2D eigenvalue weighted by molar-refractivity contribution is -0.384. The van der Waals surface area contributed by atoms with E-state index >= 15 is 0 Å². The van der Waals surface area contributed by atoms with Crippen LogP contribution in [-0.4, -0.2) is 21.0 Å². The number of anilines is 1. The number of fused-ring (bicyclic) bond motifs is 1. The average molecular weight is 410 g/mol. The van der Waals surface area contributed by atoms with Crippen molar-refractivity contribution in [3.8, 4) is 5.75 Å². The average Bonchev–Trinajstić information content (AvgIpc) is 3.14. The summed E-state index contributed by atoms with van der Waals surface area (Å²) in [6, 6.07) is 11.7. The highest BCUT2D eigenvalue weighted by Gasteiger charge is 2.19. The Bertz CT molecular complexity index is 1010. The molecule has 0 saturated carbocycles. The van der Waals surface area contributed by atoms with Crippen molar-refractivity contribution >= 4 is 28.3 Å². The zero-order valence-corrected chi connectivity index (χ0v) is 17.2. The number of nitrogens with zero attached hydrogens (tertiary/aromatic N) is 2. The van der Waals surface area contributed by atoms with E-state index in [1.807, 2.05) is 18.2 Å². The summed E-state index contributed by atoms with van der Waals surface area (Å²) in [6.07, 6.45) is 3.62. The molecule has 1 amide bonds. The van der Waals surface area contributed by atoms with Gasteiger partial charge in [0.25, 0.3) is 5.69 Å². The van der Waals surface area contributed by atoms with Crippen molar-refractivity contribution in [2.24, 2.45) is 5.92 Å². The van der Waals surface area contributed by atoms with E-state index in [9.17, 15) is 14.9 Å². The highest BCUT2D eigenvalue weighted by atomic mass is 16.6. The number of aromatic amines is 1. The summed E-state index contributed by atoms with van der Waals surface area (Å²) in [4.78, 5) is 23.0. The van der Waals surface area contributed by atoms with E-state index in [0.29, 0.717) is 11.6 Å².